The van der Waals surface area contributed by atoms with Gasteiger partial charge in [-0.2, -0.15) is 0 Å². The molecule has 17 heavy (non-hydrogen) atoms. The summed E-state index contributed by atoms with van der Waals surface area (Å²) in [4.78, 5) is 0.385. The molecule has 4 heteroatoms. The molecule has 0 spiro atoms. The van der Waals surface area contributed by atoms with E-state index in [2.05, 4.69) is 40.6 Å². The zero-order valence-corrected chi connectivity index (χ0v) is 13.7. The molecule has 0 saturated heterocycles. The summed E-state index contributed by atoms with van der Waals surface area (Å²) in [7, 11) is -1.05. The van der Waals surface area contributed by atoms with E-state index in [4.69, 9.17) is 0 Å². The van der Waals surface area contributed by atoms with E-state index in [1.165, 1.54) is 11.1 Å². The molecule has 0 aliphatic heterocycles. The molecule has 0 bridgehead atoms. The van der Waals surface area contributed by atoms with Crippen molar-refractivity contribution in [3.05, 3.63) is 22.9 Å². The molecule has 0 amide bonds. The Balaban J connectivity index is 2.85. The highest BCUT2D eigenvalue weighted by molar-refractivity contribution is 9.09. The van der Waals surface area contributed by atoms with E-state index >= 15 is 0 Å². The van der Waals surface area contributed by atoms with Crippen molar-refractivity contribution in [2.24, 2.45) is 0 Å². The molecule has 0 fully saturated rings. The Morgan fingerprint density at radius 2 is 2.12 bits per heavy atom. The number of alkyl halides is 1. The van der Waals surface area contributed by atoms with Crippen molar-refractivity contribution in [1.29, 1.82) is 0 Å². The predicted molar refractivity (Wildman–Crippen MR) is 79.4 cm³/mol. The van der Waals surface area contributed by atoms with Crippen LogP contribution >= 0.6 is 15.9 Å². The fourth-order valence-corrected chi connectivity index (χ4v) is 2.98. The Morgan fingerprint density at radius 3 is 2.53 bits per heavy atom. The summed E-state index contributed by atoms with van der Waals surface area (Å²) in [6.45, 7) is 10.2. The summed E-state index contributed by atoms with van der Waals surface area (Å²) in [5.41, 5.74) is 3.77. The third kappa shape index (κ3) is 3.68. The standard InChI is InChI=1S/C13H22BrNOS/c1-6-10-11(9(2)14)7-8-12(10)15-17(16)13(3,4)5/h8-9,15H,6-7H2,1-5H3. The van der Waals surface area contributed by atoms with Gasteiger partial charge in [-0.15, -0.1) is 0 Å². The SMILES string of the molecule is CCC1=C(C(C)Br)CC=C1NS(=O)C(C)(C)C. The molecule has 0 saturated carbocycles. The third-order valence-electron chi connectivity index (χ3n) is 2.83. The van der Waals surface area contributed by atoms with E-state index in [0.29, 0.717) is 4.83 Å². The Kier molecular flexibility index (Phi) is 5.02. The van der Waals surface area contributed by atoms with Crippen molar-refractivity contribution >= 4 is 26.9 Å². The van der Waals surface area contributed by atoms with E-state index in [0.717, 1.165) is 18.5 Å². The van der Waals surface area contributed by atoms with Crippen molar-refractivity contribution in [2.75, 3.05) is 0 Å². The number of hydrogen-bond acceptors (Lipinski definition) is 1. The lowest BCUT2D eigenvalue weighted by Gasteiger charge is -2.21. The molecule has 1 aliphatic rings. The summed E-state index contributed by atoms with van der Waals surface area (Å²) in [6, 6.07) is 0. The van der Waals surface area contributed by atoms with Gasteiger partial charge < -0.3 is 4.72 Å². The van der Waals surface area contributed by atoms with Crippen LogP contribution in [0.15, 0.2) is 22.9 Å². The highest BCUT2D eigenvalue weighted by Crippen LogP contribution is 2.32. The van der Waals surface area contributed by atoms with E-state index in [9.17, 15) is 4.21 Å². The van der Waals surface area contributed by atoms with Gasteiger partial charge in [0.25, 0.3) is 0 Å². The maximum Gasteiger partial charge on any atom is 0.122 e. The van der Waals surface area contributed by atoms with Gasteiger partial charge in [0.2, 0.25) is 0 Å². The maximum absolute atomic E-state index is 12.1. The molecule has 2 unspecified atom stereocenters. The average Bonchev–Trinajstić information content (AvgIpc) is 2.59. The molecule has 1 aliphatic carbocycles. The van der Waals surface area contributed by atoms with Gasteiger partial charge in [0.1, 0.15) is 11.0 Å². The van der Waals surface area contributed by atoms with Crippen LogP contribution in [0.1, 0.15) is 47.5 Å². The Hall–Kier alpha value is -0.0900. The van der Waals surface area contributed by atoms with E-state index in [-0.39, 0.29) is 4.75 Å². The molecule has 0 aromatic carbocycles. The lowest BCUT2D eigenvalue weighted by molar-refractivity contribution is 0.642. The molecule has 1 rings (SSSR count). The van der Waals surface area contributed by atoms with Gasteiger partial charge in [-0.05, 0) is 51.7 Å². The zero-order valence-electron chi connectivity index (χ0n) is 11.3. The topological polar surface area (TPSA) is 29.1 Å². The molecule has 0 aromatic rings. The summed E-state index contributed by atoms with van der Waals surface area (Å²) in [6.07, 6.45) is 4.08. The number of allylic oxidation sites excluding steroid dienone is 3. The molecule has 2 atom stereocenters. The number of hydrogen-bond donors (Lipinski definition) is 1. The first-order chi connectivity index (χ1) is 7.77. The minimum Gasteiger partial charge on any atom is -0.305 e. The van der Waals surface area contributed by atoms with E-state index in [1.54, 1.807) is 0 Å². The lowest BCUT2D eigenvalue weighted by atomic mass is 10.1. The van der Waals surface area contributed by atoms with Gasteiger partial charge in [-0.25, -0.2) is 4.21 Å². The minimum absolute atomic E-state index is 0.234. The summed E-state index contributed by atoms with van der Waals surface area (Å²) in [5.74, 6) is 0. The first-order valence-corrected chi connectivity index (χ1v) is 8.09. The fraction of sp³-hybridized carbons (Fsp3) is 0.692. The van der Waals surface area contributed by atoms with Gasteiger partial charge in [0.15, 0.2) is 0 Å². The molecule has 0 heterocycles. The summed E-state index contributed by atoms with van der Waals surface area (Å²) in [5, 5.41) is 0. The number of nitrogens with one attached hydrogen (secondary N) is 1. The third-order valence-corrected chi connectivity index (χ3v) is 4.90. The molecule has 0 aromatic heterocycles. The second-order valence-corrected chi connectivity index (χ2v) is 8.62. The van der Waals surface area contributed by atoms with Crippen LogP contribution in [0.4, 0.5) is 0 Å². The molecule has 98 valence electrons. The molecular weight excluding hydrogens is 298 g/mol. The van der Waals surface area contributed by atoms with Crippen molar-refractivity contribution in [3.8, 4) is 0 Å². The number of rotatable bonds is 4. The van der Waals surface area contributed by atoms with E-state index < -0.39 is 11.0 Å². The van der Waals surface area contributed by atoms with Crippen LogP contribution in [-0.2, 0) is 11.0 Å². The average molecular weight is 320 g/mol. The second kappa shape index (κ2) is 5.70. The second-order valence-electron chi connectivity index (χ2n) is 5.28. The monoisotopic (exact) mass is 319 g/mol. The van der Waals surface area contributed by atoms with Crippen LogP contribution in [0.3, 0.4) is 0 Å². The zero-order chi connectivity index (χ0) is 13.2. The smallest absolute Gasteiger partial charge is 0.122 e. The van der Waals surface area contributed by atoms with Crippen LogP contribution in [0, 0.1) is 0 Å². The van der Waals surface area contributed by atoms with Crippen molar-refractivity contribution in [1.82, 2.24) is 4.72 Å². The highest BCUT2D eigenvalue weighted by atomic mass is 79.9. The maximum atomic E-state index is 12.1. The van der Waals surface area contributed by atoms with Crippen molar-refractivity contribution in [3.63, 3.8) is 0 Å². The van der Waals surface area contributed by atoms with Crippen LogP contribution in [0.2, 0.25) is 0 Å². The Labute approximate surface area is 116 Å². The minimum atomic E-state index is -1.05. The van der Waals surface area contributed by atoms with Crippen LogP contribution in [0.5, 0.6) is 0 Å². The van der Waals surface area contributed by atoms with E-state index in [1.807, 2.05) is 20.8 Å². The van der Waals surface area contributed by atoms with Crippen molar-refractivity contribution in [2.45, 2.75) is 57.0 Å². The largest absolute Gasteiger partial charge is 0.305 e. The van der Waals surface area contributed by atoms with Crippen LogP contribution in [0.25, 0.3) is 0 Å². The Morgan fingerprint density at radius 1 is 1.53 bits per heavy atom. The first kappa shape index (κ1) is 15.0. The molecule has 0 radical (unpaired) electrons. The first-order valence-electron chi connectivity index (χ1n) is 6.02. The quantitative estimate of drug-likeness (QED) is 0.784. The van der Waals surface area contributed by atoms with Gasteiger partial charge in [0.05, 0.1) is 4.75 Å². The number of halogens is 1. The van der Waals surface area contributed by atoms with Gasteiger partial charge in [-0.1, -0.05) is 28.9 Å². The normalized spacial score (nSPS) is 20.2. The predicted octanol–water partition coefficient (Wildman–Crippen LogP) is 3.82. The highest BCUT2D eigenvalue weighted by Gasteiger charge is 2.24. The van der Waals surface area contributed by atoms with Crippen LogP contribution < -0.4 is 4.72 Å². The summed E-state index contributed by atoms with van der Waals surface area (Å²) < 4.78 is 15.0. The van der Waals surface area contributed by atoms with Crippen molar-refractivity contribution < 1.29 is 4.21 Å². The van der Waals surface area contributed by atoms with Gasteiger partial charge in [-0.3, -0.25) is 0 Å². The Bertz CT molecular complexity index is 377. The lowest BCUT2D eigenvalue weighted by Crippen LogP contribution is -2.33. The van der Waals surface area contributed by atoms with Gasteiger partial charge in [0, 0.05) is 10.5 Å². The fourth-order valence-electron chi connectivity index (χ4n) is 1.81. The molecule has 2 nitrogen and oxygen atoms in total. The summed E-state index contributed by atoms with van der Waals surface area (Å²) >= 11 is 3.62. The molecular formula is C13H22BrNOS. The molecule has 1 N–H and O–H groups in total. The van der Waals surface area contributed by atoms with Gasteiger partial charge >= 0.3 is 0 Å². The van der Waals surface area contributed by atoms with Crippen LogP contribution in [-0.4, -0.2) is 13.8 Å².